The predicted octanol–water partition coefficient (Wildman–Crippen LogP) is 6.09. The molecule has 0 unspecified atom stereocenters. The first kappa shape index (κ1) is 25.5. The molecule has 1 saturated heterocycles. The Labute approximate surface area is 239 Å². The van der Waals surface area contributed by atoms with Gasteiger partial charge in [0.05, 0.1) is 28.7 Å². The van der Waals surface area contributed by atoms with Crippen LogP contribution in [0.5, 0.6) is 0 Å². The molecule has 40 heavy (non-hydrogen) atoms. The molecule has 1 aromatic heterocycles. The summed E-state index contributed by atoms with van der Waals surface area (Å²) >= 11 is 12.7. The number of carbonyl (C=O) groups is 2. The van der Waals surface area contributed by atoms with Crippen molar-refractivity contribution in [3.8, 4) is 0 Å². The van der Waals surface area contributed by atoms with Crippen LogP contribution >= 0.6 is 23.2 Å². The van der Waals surface area contributed by atoms with Gasteiger partial charge < -0.3 is 14.6 Å². The first-order valence-electron chi connectivity index (χ1n) is 13.2. The van der Waals surface area contributed by atoms with E-state index in [0.717, 1.165) is 23.3 Å². The van der Waals surface area contributed by atoms with Crippen molar-refractivity contribution in [3.63, 3.8) is 0 Å². The highest BCUT2D eigenvalue weighted by molar-refractivity contribution is 6.31. The quantitative estimate of drug-likeness (QED) is 0.298. The molecule has 0 radical (unpaired) electrons. The molecule has 1 amide bonds. The van der Waals surface area contributed by atoms with E-state index in [1.807, 2.05) is 19.1 Å². The van der Waals surface area contributed by atoms with Gasteiger partial charge in [0.1, 0.15) is 17.2 Å². The molecular weight excluding hydrogens is 554 g/mol. The average molecular weight is 579 g/mol. The summed E-state index contributed by atoms with van der Waals surface area (Å²) in [6.45, 7) is 3.25. The third-order valence-corrected chi connectivity index (χ3v) is 9.39. The number of benzene rings is 3. The zero-order valence-electron chi connectivity index (χ0n) is 21.7. The molecule has 3 aliphatic rings. The van der Waals surface area contributed by atoms with Crippen molar-refractivity contribution in [1.82, 2.24) is 14.5 Å². The number of hydrogen-bond acceptors (Lipinski definition) is 5. The zero-order valence-corrected chi connectivity index (χ0v) is 23.3. The summed E-state index contributed by atoms with van der Waals surface area (Å²) in [7, 11) is 1.34. The van der Waals surface area contributed by atoms with Crippen molar-refractivity contribution in [2.75, 3.05) is 19.0 Å². The maximum atomic E-state index is 16.0. The molecule has 10 heteroatoms. The van der Waals surface area contributed by atoms with E-state index in [0.29, 0.717) is 40.4 Å². The zero-order chi connectivity index (χ0) is 27.9. The van der Waals surface area contributed by atoms with Gasteiger partial charge >= 0.3 is 5.97 Å². The lowest BCUT2D eigenvalue weighted by Gasteiger charge is -2.39. The van der Waals surface area contributed by atoms with Gasteiger partial charge in [0.2, 0.25) is 5.91 Å². The molecular formula is C30H25Cl2FN4O3. The van der Waals surface area contributed by atoms with Crippen LogP contribution in [-0.2, 0) is 21.6 Å². The highest BCUT2D eigenvalue weighted by atomic mass is 35.5. The monoisotopic (exact) mass is 578 g/mol. The lowest BCUT2D eigenvalue weighted by molar-refractivity contribution is -0.127. The number of aromatic nitrogens is 2. The van der Waals surface area contributed by atoms with Crippen molar-refractivity contribution in [1.29, 1.82) is 0 Å². The van der Waals surface area contributed by atoms with E-state index in [4.69, 9.17) is 32.9 Å². The summed E-state index contributed by atoms with van der Waals surface area (Å²) in [6.07, 6.45) is 0.729. The third kappa shape index (κ3) is 3.24. The number of imidazole rings is 1. The standard InChI is InChI=1S/C30H25Cl2FN4O3/c1-3-37-23-11-12-36-22-10-7-15(28(38)40-2)13-21(22)34-27(36)24(23)25(17-5-4-6-19(32)26(17)33)30(37)18-9-8-16(31)14-20(18)35-29(30)39/h4-10,13-14,23-25H,3,11-12H2,1-2H3,(H,35,39)/t23-,24+,25-,30+/m0/s1. The Kier molecular flexibility index (Phi) is 5.75. The Hall–Kier alpha value is -3.46. The topological polar surface area (TPSA) is 76.5 Å². The number of hydrogen-bond donors (Lipinski definition) is 1. The summed E-state index contributed by atoms with van der Waals surface area (Å²) in [5, 5.41) is 3.56. The summed E-state index contributed by atoms with van der Waals surface area (Å²) in [5.41, 5.74) is 2.47. The number of likely N-dealkylation sites (tertiary alicyclic amines) is 1. The minimum atomic E-state index is -1.21. The second-order valence-corrected chi connectivity index (χ2v) is 11.4. The van der Waals surface area contributed by atoms with Crippen LogP contribution in [0.3, 0.4) is 0 Å². The summed E-state index contributed by atoms with van der Waals surface area (Å²) in [5.74, 6) is -1.44. The fourth-order valence-electron chi connectivity index (χ4n) is 7.47. The van der Waals surface area contributed by atoms with E-state index >= 15 is 4.39 Å². The smallest absolute Gasteiger partial charge is 0.337 e. The Morgan fingerprint density at radius 3 is 2.80 bits per heavy atom. The molecule has 4 atom stereocenters. The van der Waals surface area contributed by atoms with E-state index in [9.17, 15) is 9.59 Å². The molecule has 1 spiro atoms. The molecule has 7 rings (SSSR count). The molecule has 204 valence electrons. The van der Waals surface area contributed by atoms with E-state index in [-0.39, 0.29) is 22.9 Å². The van der Waals surface area contributed by atoms with Crippen molar-refractivity contribution in [2.45, 2.75) is 43.3 Å². The van der Waals surface area contributed by atoms with Crippen molar-refractivity contribution in [3.05, 3.63) is 93.0 Å². The van der Waals surface area contributed by atoms with Gasteiger partial charge in [0, 0.05) is 40.7 Å². The Morgan fingerprint density at radius 2 is 2.02 bits per heavy atom. The van der Waals surface area contributed by atoms with Crippen LogP contribution in [0.25, 0.3) is 11.0 Å². The average Bonchev–Trinajstić information content (AvgIpc) is 3.56. The SMILES string of the molecule is CCN1[C@H]2CCn3c(nc4cc(C(=O)OC)ccc43)[C@H]2[C@H](c2cccc(Cl)c2F)[C@]12C(=O)Nc1cc(Cl)ccc12. The maximum absolute atomic E-state index is 16.0. The fraction of sp³-hybridized carbons (Fsp3) is 0.300. The van der Waals surface area contributed by atoms with Crippen LogP contribution in [0.2, 0.25) is 10.0 Å². The minimum Gasteiger partial charge on any atom is -0.465 e. The fourth-order valence-corrected chi connectivity index (χ4v) is 7.82. The van der Waals surface area contributed by atoms with Gasteiger partial charge in [-0.1, -0.05) is 48.3 Å². The second kappa shape index (κ2) is 9.03. The minimum absolute atomic E-state index is 0.000848. The van der Waals surface area contributed by atoms with Crippen molar-refractivity contribution < 1.29 is 18.7 Å². The largest absolute Gasteiger partial charge is 0.465 e. The molecule has 1 N–H and O–H groups in total. The molecule has 3 aromatic carbocycles. The second-order valence-electron chi connectivity index (χ2n) is 10.5. The van der Waals surface area contributed by atoms with Gasteiger partial charge in [-0.05, 0) is 54.9 Å². The number of ether oxygens (including phenoxy) is 1. The van der Waals surface area contributed by atoms with E-state index in [2.05, 4.69) is 14.8 Å². The van der Waals surface area contributed by atoms with Gasteiger partial charge in [0.25, 0.3) is 0 Å². The lowest BCUT2D eigenvalue weighted by atomic mass is 9.70. The molecule has 1 fully saturated rings. The highest BCUT2D eigenvalue weighted by Gasteiger charge is 2.68. The number of esters is 1. The number of rotatable bonds is 3. The van der Waals surface area contributed by atoms with Crippen LogP contribution in [0.4, 0.5) is 10.1 Å². The third-order valence-electron chi connectivity index (χ3n) is 8.87. The first-order valence-corrected chi connectivity index (χ1v) is 14.0. The van der Waals surface area contributed by atoms with Gasteiger partial charge in [0.15, 0.2) is 0 Å². The first-order chi connectivity index (χ1) is 19.3. The lowest BCUT2D eigenvalue weighted by Crippen LogP contribution is -2.52. The van der Waals surface area contributed by atoms with Crippen LogP contribution in [-0.4, -0.2) is 46.0 Å². The molecule has 3 aliphatic heterocycles. The van der Waals surface area contributed by atoms with E-state index in [1.54, 1.807) is 36.4 Å². The number of fused-ring (bicyclic) bond motifs is 7. The van der Waals surface area contributed by atoms with Gasteiger partial charge in [-0.15, -0.1) is 0 Å². The summed E-state index contributed by atoms with van der Waals surface area (Å²) in [4.78, 5) is 33.8. The van der Waals surface area contributed by atoms with Crippen LogP contribution in [0.15, 0.2) is 54.6 Å². The van der Waals surface area contributed by atoms with Crippen molar-refractivity contribution in [2.24, 2.45) is 0 Å². The molecule has 7 nitrogen and oxygen atoms in total. The van der Waals surface area contributed by atoms with Crippen LogP contribution < -0.4 is 5.32 Å². The number of nitrogens with zero attached hydrogens (tertiary/aromatic N) is 3. The predicted molar refractivity (Wildman–Crippen MR) is 151 cm³/mol. The number of likely N-dealkylation sites (N-methyl/N-ethyl adjacent to an activating group) is 1. The number of nitrogens with one attached hydrogen (secondary N) is 1. The van der Waals surface area contributed by atoms with Gasteiger partial charge in [-0.25, -0.2) is 14.2 Å². The molecule has 0 bridgehead atoms. The number of aryl methyl sites for hydroxylation is 1. The van der Waals surface area contributed by atoms with Crippen molar-refractivity contribution >= 4 is 51.8 Å². The number of carbonyl (C=O) groups excluding carboxylic acids is 2. The molecule has 4 heterocycles. The Morgan fingerprint density at radius 1 is 1.20 bits per heavy atom. The molecule has 0 aliphatic carbocycles. The van der Waals surface area contributed by atoms with Crippen LogP contribution in [0.1, 0.15) is 52.5 Å². The van der Waals surface area contributed by atoms with E-state index < -0.39 is 23.2 Å². The molecule has 4 aromatic rings. The maximum Gasteiger partial charge on any atom is 0.337 e. The van der Waals surface area contributed by atoms with Gasteiger partial charge in [-0.3, -0.25) is 9.69 Å². The summed E-state index contributed by atoms with van der Waals surface area (Å²) in [6, 6.07) is 15.6. The normalized spacial score (nSPS) is 25.1. The number of halogens is 3. The van der Waals surface area contributed by atoms with Gasteiger partial charge in [-0.2, -0.15) is 0 Å². The Balaban J connectivity index is 1.53. The van der Waals surface area contributed by atoms with Crippen LogP contribution in [0, 0.1) is 5.82 Å². The summed E-state index contributed by atoms with van der Waals surface area (Å²) < 4.78 is 23.1. The highest BCUT2D eigenvalue weighted by Crippen LogP contribution is 2.64. The molecule has 0 saturated carbocycles. The number of anilines is 1. The number of methoxy groups -OCH3 is 1. The Bertz CT molecular complexity index is 1740. The number of amides is 1. The van der Waals surface area contributed by atoms with E-state index in [1.165, 1.54) is 13.2 Å².